The number of hydrogen-bond donors (Lipinski definition) is 1. The van der Waals surface area contributed by atoms with Gasteiger partial charge in [-0.2, -0.15) is 5.10 Å². The number of nitrogens with one attached hydrogen (secondary N) is 1. The van der Waals surface area contributed by atoms with Crippen LogP contribution in [-0.4, -0.2) is 21.5 Å². The predicted molar refractivity (Wildman–Crippen MR) is 92.7 cm³/mol. The Bertz CT molecular complexity index is 733. The molecule has 0 radical (unpaired) electrons. The normalized spacial score (nSPS) is 18.6. The van der Waals surface area contributed by atoms with Gasteiger partial charge in [0.05, 0.1) is 17.8 Å². The minimum Gasteiger partial charge on any atom is -0.323 e. The van der Waals surface area contributed by atoms with Crippen LogP contribution in [0.15, 0.2) is 36.7 Å². The van der Waals surface area contributed by atoms with Crippen LogP contribution < -0.4 is 5.32 Å². The van der Waals surface area contributed by atoms with E-state index in [9.17, 15) is 9.59 Å². The van der Waals surface area contributed by atoms with Crippen molar-refractivity contribution in [3.63, 3.8) is 0 Å². The molecule has 0 spiro atoms. The molecule has 0 aliphatic heterocycles. The first kappa shape index (κ1) is 16.4. The molecular weight excluding hydrogens is 302 g/mol. The predicted octanol–water partition coefficient (Wildman–Crippen LogP) is 3.07. The van der Waals surface area contributed by atoms with E-state index in [1.54, 1.807) is 17.1 Å². The second-order valence-corrected chi connectivity index (χ2v) is 6.61. The van der Waals surface area contributed by atoms with Gasteiger partial charge < -0.3 is 5.32 Å². The molecule has 1 fully saturated rings. The molecule has 5 nitrogen and oxygen atoms in total. The molecule has 3 rings (SSSR count). The summed E-state index contributed by atoms with van der Waals surface area (Å²) in [6.45, 7) is 1.89. The summed E-state index contributed by atoms with van der Waals surface area (Å²) >= 11 is 0. The van der Waals surface area contributed by atoms with E-state index in [1.165, 1.54) is 5.56 Å². The summed E-state index contributed by atoms with van der Waals surface area (Å²) in [5.41, 5.74) is 2.84. The quantitative estimate of drug-likeness (QED) is 0.919. The first-order valence-corrected chi connectivity index (χ1v) is 8.44. The SMILES string of the molecule is C[C@@H](C(=O)Nc1cnn(C)c1)c1ccc(C[C@H]2CCCC2=O)cc1. The molecule has 0 bridgehead atoms. The van der Waals surface area contributed by atoms with Crippen LogP contribution in [0.2, 0.25) is 0 Å². The maximum absolute atomic E-state index is 12.3. The van der Waals surface area contributed by atoms with Crippen LogP contribution in [-0.2, 0) is 23.1 Å². The molecule has 0 saturated heterocycles. The van der Waals surface area contributed by atoms with Crippen LogP contribution in [0.1, 0.15) is 43.2 Å². The molecule has 1 aliphatic carbocycles. The van der Waals surface area contributed by atoms with Crippen molar-refractivity contribution in [1.29, 1.82) is 0 Å². The highest BCUT2D eigenvalue weighted by Gasteiger charge is 2.24. The van der Waals surface area contributed by atoms with Crippen molar-refractivity contribution in [3.8, 4) is 0 Å². The van der Waals surface area contributed by atoms with Crippen LogP contribution in [0.4, 0.5) is 5.69 Å². The second kappa shape index (κ2) is 6.99. The fraction of sp³-hybridized carbons (Fsp3) is 0.421. The standard InChI is InChI=1S/C19H23N3O2/c1-13(19(24)21-17-11-20-22(2)12-17)15-8-6-14(7-9-15)10-16-4-3-5-18(16)23/h6-9,11-13,16H,3-5,10H2,1-2H3,(H,21,24)/t13-,16-/m1/s1. The summed E-state index contributed by atoms with van der Waals surface area (Å²) in [6.07, 6.45) is 6.97. The number of anilines is 1. The van der Waals surface area contributed by atoms with Gasteiger partial charge in [0.25, 0.3) is 0 Å². The Kier molecular flexibility index (Phi) is 4.79. The number of rotatable bonds is 5. The van der Waals surface area contributed by atoms with Crippen molar-refractivity contribution < 1.29 is 9.59 Å². The molecule has 1 amide bonds. The van der Waals surface area contributed by atoms with Gasteiger partial charge in [-0.3, -0.25) is 14.3 Å². The summed E-state index contributed by atoms with van der Waals surface area (Å²) in [6, 6.07) is 8.05. The topological polar surface area (TPSA) is 64.0 Å². The number of benzene rings is 1. The molecule has 1 saturated carbocycles. The Morgan fingerprint density at radius 3 is 2.71 bits per heavy atom. The molecule has 24 heavy (non-hydrogen) atoms. The number of carbonyl (C=O) groups excluding carboxylic acids is 2. The molecule has 1 aliphatic rings. The molecular formula is C19H23N3O2. The van der Waals surface area contributed by atoms with Crippen molar-refractivity contribution in [1.82, 2.24) is 9.78 Å². The van der Waals surface area contributed by atoms with Crippen LogP contribution in [0.25, 0.3) is 0 Å². The van der Waals surface area contributed by atoms with Crippen LogP contribution in [0, 0.1) is 5.92 Å². The second-order valence-electron chi connectivity index (χ2n) is 6.61. The van der Waals surface area contributed by atoms with Crippen molar-refractivity contribution in [3.05, 3.63) is 47.8 Å². The van der Waals surface area contributed by atoms with E-state index in [0.717, 1.165) is 31.2 Å². The van der Waals surface area contributed by atoms with E-state index in [-0.39, 0.29) is 17.7 Å². The Balaban J connectivity index is 1.61. The van der Waals surface area contributed by atoms with E-state index >= 15 is 0 Å². The Labute approximate surface area is 142 Å². The number of aromatic nitrogens is 2. The van der Waals surface area contributed by atoms with E-state index in [4.69, 9.17) is 0 Å². The third kappa shape index (κ3) is 3.72. The molecule has 1 heterocycles. The number of carbonyl (C=O) groups is 2. The first-order chi connectivity index (χ1) is 11.5. The number of aryl methyl sites for hydroxylation is 1. The molecule has 1 N–H and O–H groups in total. The average molecular weight is 325 g/mol. The van der Waals surface area contributed by atoms with Crippen LogP contribution >= 0.6 is 0 Å². The molecule has 126 valence electrons. The van der Waals surface area contributed by atoms with E-state index in [1.807, 2.05) is 38.2 Å². The molecule has 2 atom stereocenters. The number of nitrogens with zero attached hydrogens (tertiary/aromatic N) is 2. The summed E-state index contributed by atoms with van der Waals surface area (Å²) in [4.78, 5) is 24.1. The summed E-state index contributed by atoms with van der Waals surface area (Å²) < 4.78 is 1.65. The lowest BCUT2D eigenvalue weighted by Gasteiger charge is -2.13. The minimum atomic E-state index is -0.243. The summed E-state index contributed by atoms with van der Waals surface area (Å²) in [7, 11) is 1.81. The molecule has 5 heteroatoms. The maximum atomic E-state index is 12.3. The Morgan fingerprint density at radius 2 is 2.12 bits per heavy atom. The van der Waals surface area contributed by atoms with Crippen molar-refractivity contribution >= 4 is 17.4 Å². The van der Waals surface area contributed by atoms with Gasteiger partial charge in [-0.05, 0) is 37.3 Å². The Morgan fingerprint density at radius 1 is 1.38 bits per heavy atom. The third-order valence-electron chi connectivity index (χ3n) is 4.76. The van der Waals surface area contributed by atoms with E-state index < -0.39 is 0 Å². The smallest absolute Gasteiger partial charge is 0.231 e. The van der Waals surface area contributed by atoms with Crippen LogP contribution in [0.3, 0.4) is 0 Å². The number of Topliss-reactive ketones (excluding diaryl/α,β-unsaturated/α-hetero) is 1. The zero-order valence-electron chi connectivity index (χ0n) is 14.2. The number of hydrogen-bond acceptors (Lipinski definition) is 3. The minimum absolute atomic E-state index is 0.0540. The van der Waals surface area contributed by atoms with Crippen molar-refractivity contribution in [2.45, 2.75) is 38.5 Å². The summed E-state index contributed by atoms with van der Waals surface area (Å²) in [5, 5.41) is 6.92. The van der Waals surface area contributed by atoms with Crippen molar-refractivity contribution in [2.24, 2.45) is 13.0 Å². The maximum Gasteiger partial charge on any atom is 0.231 e. The van der Waals surface area contributed by atoms with Gasteiger partial charge in [-0.15, -0.1) is 0 Å². The first-order valence-electron chi connectivity index (χ1n) is 8.44. The van der Waals surface area contributed by atoms with Gasteiger partial charge in [0.2, 0.25) is 5.91 Å². The lowest BCUT2D eigenvalue weighted by Crippen LogP contribution is -2.18. The number of amides is 1. The van der Waals surface area contributed by atoms with Gasteiger partial charge in [0.15, 0.2) is 0 Å². The van der Waals surface area contributed by atoms with Gasteiger partial charge in [0, 0.05) is 25.6 Å². The molecule has 0 unspecified atom stereocenters. The van der Waals surface area contributed by atoms with Crippen molar-refractivity contribution in [2.75, 3.05) is 5.32 Å². The summed E-state index contributed by atoms with van der Waals surface area (Å²) in [5.74, 6) is 0.277. The van der Waals surface area contributed by atoms with Gasteiger partial charge in [0.1, 0.15) is 5.78 Å². The fourth-order valence-electron chi connectivity index (χ4n) is 3.22. The number of ketones is 1. The highest BCUT2D eigenvalue weighted by Crippen LogP contribution is 2.26. The third-order valence-corrected chi connectivity index (χ3v) is 4.76. The lowest BCUT2D eigenvalue weighted by atomic mass is 9.94. The molecule has 1 aromatic heterocycles. The lowest BCUT2D eigenvalue weighted by molar-refractivity contribution is -0.120. The monoisotopic (exact) mass is 325 g/mol. The largest absolute Gasteiger partial charge is 0.323 e. The van der Waals surface area contributed by atoms with Gasteiger partial charge in [-0.25, -0.2) is 0 Å². The molecule has 1 aromatic carbocycles. The zero-order chi connectivity index (χ0) is 17.1. The zero-order valence-corrected chi connectivity index (χ0v) is 14.2. The van der Waals surface area contributed by atoms with Crippen LogP contribution in [0.5, 0.6) is 0 Å². The van der Waals surface area contributed by atoms with E-state index in [2.05, 4.69) is 10.4 Å². The van der Waals surface area contributed by atoms with Gasteiger partial charge >= 0.3 is 0 Å². The van der Waals surface area contributed by atoms with E-state index in [0.29, 0.717) is 11.5 Å². The van der Waals surface area contributed by atoms with Gasteiger partial charge in [-0.1, -0.05) is 24.3 Å². The highest BCUT2D eigenvalue weighted by molar-refractivity contribution is 5.95. The average Bonchev–Trinajstić information content (AvgIpc) is 3.16. The Hall–Kier alpha value is -2.43. The highest BCUT2D eigenvalue weighted by atomic mass is 16.2. The fourth-order valence-corrected chi connectivity index (χ4v) is 3.22. The molecule has 2 aromatic rings.